The van der Waals surface area contributed by atoms with E-state index in [1.165, 1.54) is 0 Å². The second-order valence-corrected chi connectivity index (χ2v) is 3.26. The molecule has 0 radical (unpaired) electrons. The van der Waals surface area contributed by atoms with Crippen LogP contribution in [0.1, 0.15) is 20.8 Å². The molecule has 3 heteroatoms. The Kier molecular flexibility index (Phi) is 2.50. The molecule has 0 aromatic heterocycles. The summed E-state index contributed by atoms with van der Waals surface area (Å²) in [6.07, 6.45) is 0. The van der Waals surface area contributed by atoms with Crippen molar-refractivity contribution in [3.8, 4) is 0 Å². The van der Waals surface area contributed by atoms with Crippen LogP contribution in [0.4, 0.5) is 0 Å². The first kappa shape index (κ1) is 7.98. The van der Waals surface area contributed by atoms with E-state index in [0.717, 1.165) is 11.9 Å². The summed E-state index contributed by atoms with van der Waals surface area (Å²) in [5.41, 5.74) is -0.292. The van der Waals surface area contributed by atoms with E-state index >= 15 is 0 Å². The van der Waals surface area contributed by atoms with Crippen molar-refractivity contribution in [3.05, 3.63) is 0 Å². The van der Waals surface area contributed by atoms with Gasteiger partial charge in [0.2, 0.25) is 5.12 Å². The molecule has 0 saturated carbocycles. The van der Waals surface area contributed by atoms with E-state index in [0.29, 0.717) is 0 Å². The minimum Gasteiger partial charge on any atom is -0.285 e. The molecule has 0 fully saturated rings. The van der Waals surface area contributed by atoms with Crippen LogP contribution in [-0.4, -0.2) is 5.12 Å². The molecule has 0 amide bonds. The molecule has 0 spiro atoms. The number of carbonyl (C=O) groups excluding carboxylic acids is 1. The summed E-state index contributed by atoms with van der Waals surface area (Å²) in [6.45, 7) is 5.53. The molecule has 0 atom stereocenters. The first-order valence-corrected chi connectivity index (χ1v) is 3.27. The zero-order valence-electron chi connectivity index (χ0n) is 5.39. The van der Waals surface area contributed by atoms with Crippen LogP contribution < -0.4 is 5.14 Å². The second kappa shape index (κ2) is 2.51. The zero-order chi connectivity index (χ0) is 6.78. The fourth-order valence-electron chi connectivity index (χ4n) is 0.177. The molecule has 8 heavy (non-hydrogen) atoms. The van der Waals surface area contributed by atoms with Gasteiger partial charge in [-0.15, -0.1) is 0 Å². The molecule has 2 N–H and O–H groups in total. The van der Waals surface area contributed by atoms with Crippen molar-refractivity contribution in [1.29, 1.82) is 0 Å². The summed E-state index contributed by atoms with van der Waals surface area (Å²) in [5.74, 6) is 0. The van der Waals surface area contributed by atoms with Crippen molar-refractivity contribution < 1.29 is 4.79 Å². The van der Waals surface area contributed by atoms with Gasteiger partial charge in [0, 0.05) is 5.41 Å². The van der Waals surface area contributed by atoms with Crippen LogP contribution in [0.5, 0.6) is 0 Å². The van der Waals surface area contributed by atoms with E-state index in [2.05, 4.69) is 0 Å². The second-order valence-electron chi connectivity index (χ2n) is 2.66. The zero-order valence-corrected chi connectivity index (χ0v) is 6.21. The van der Waals surface area contributed by atoms with Crippen LogP contribution in [0.25, 0.3) is 0 Å². The average Bonchev–Trinajstić information content (AvgIpc) is 1.62. The van der Waals surface area contributed by atoms with Crippen molar-refractivity contribution >= 4 is 17.1 Å². The first-order valence-electron chi connectivity index (χ1n) is 2.39. The van der Waals surface area contributed by atoms with Gasteiger partial charge < -0.3 is 0 Å². The van der Waals surface area contributed by atoms with Crippen molar-refractivity contribution in [2.75, 3.05) is 0 Å². The molecule has 0 aliphatic heterocycles. The summed E-state index contributed by atoms with van der Waals surface area (Å²) in [7, 11) is 0. The predicted molar refractivity (Wildman–Crippen MR) is 36.2 cm³/mol. The molecule has 2 nitrogen and oxygen atoms in total. The molecular formula is C5H11NOS. The minimum atomic E-state index is -0.292. The lowest BCUT2D eigenvalue weighted by Crippen LogP contribution is -2.17. The van der Waals surface area contributed by atoms with Gasteiger partial charge in [-0.2, -0.15) is 0 Å². The number of hydrogen-bond acceptors (Lipinski definition) is 3. The molecule has 0 rings (SSSR count). The lowest BCUT2D eigenvalue weighted by atomic mass is 10.00. The van der Waals surface area contributed by atoms with E-state index < -0.39 is 0 Å². The van der Waals surface area contributed by atoms with E-state index in [-0.39, 0.29) is 10.5 Å². The van der Waals surface area contributed by atoms with Gasteiger partial charge >= 0.3 is 0 Å². The van der Waals surface area contributed by atoms with Crippen LogP contribution >= 0.6 is 11.9 Å². The molecule has 48 valence electrons. The van der Waals surface area contributed by atoms with Crippen LogP contribution in [0.3, 0.4) is 0 Å². The summed E-state index contributed by atoms with van der Waals surface area (Å²) < 4.78 is 0. The third-order valence-corrected chi connectivity index (χ3v) is 1.55. The summed E-state index contributed by atoms with van der Waals surface area (Å²) in [6, 6.07) is 0. The van der Waals surface area contributed by atoms with E-state index in [4.69, 9.17) is 5.14 Å². The maximum atomic E-state index is 10.7. The van der Waals surface area contributed by atoms with E-state index in [1.807, 2.05) is 20.8 Å². The lowest BCUT2D eigenvalue weighted by Gasteiger charge is -2.12. The number of hydrogen-bond donors (Lipinski definition) is 1. The minimum absolute atomic E-state index is 0.0255. The van der Waals surface area contributed by atoms with Gasteiger partial charge in [-0.3, -0.25) is 9.93 Å². The quantitative estimate of drug-likeness (QED) is 0.504. The van der Waals surface area contributed by atoms with Gasteiger partial charge in [-0.05, 0) is 11.9 Å². The Bertz CT molecular complexity index is 95.1. The average molecular weight is 133 g/mol. The van der Waals surface area contributed by atoms with Crippen LogP contribution in [-0.2, 0) is 4.79 Å². The lowest BCUT2D eigenvalue weighted by molar-refractivity contribution is -0.117. The highest BCUT2D eigenvalue weighted by molar-refractivity contribution is 8.11. The van der Waals surface area contributed by atoms with Crippen molar-refractivity contribution in [1.82, 2.24) is 0 Å². The Balaban J connectivity index is 3.82. The fraction of sp³-hybridized carbons (Fsp3) is 0.800. The van der Waals surface area contributed by atoms with E-state index in [9.17, 15) is 4.79 Å². The Morgan fingerprint density at radius 3 is 1.88 bits per heavy atom. The molecule has 0 aromatic carbocycles. The molecule has 0 aliphatic rings. The van der Waals surface area contributed by atoms with E-state index in [1.54, 1.807) is 0 Å². The number of nitrogens with two attached hydrogens (primary N) is 1. The van der Waals surface area contributed by atoms with Gasteiger partial charge in [0.25, 0.3) is 0 Å². The van der Waals surface area contributed by atoms with Crippen molar-refractivity contribution in [2.45, 2.75) is 20.8 Å². The molecular weight excluding hydrogens is 122 g/mol. The third kappa shape index (κ3) is 2.33. The van der Waals surface area contributed by atoms with Gasteiger partial charge in [0.15, 0.2) is 0 Å². The first-order chi connectivity index (χ1) is 3.48. The number of rotatable bonds is 0. The SMILES string of the molecule is CC(C)(C)C(=O)SN. The monoisotopic (exact) mass is 133 g/mol. The van der Waals surface area contributed by atoms with Gasteiger partial charge in [-0.1, -0.05) is 20.8 Å². The molecule has 0 unspecified atom stereocenters. The van der Waals surface area contributed by atoms with Gasteiger partial charge in [0.05, 0.1) is 0 Å². The highest BCUT2D eigenvalue weighted by Gasteiger charge is 2.19. The Labute approximate surface area is 54.0 Å². The number of carbonyl (C=O) groups is 1. The predicted octanol–water partition coefficient (Wildman–Crippen LogP) is 1.17. The maximum absolute atomic E-state index is 10.7. The highest BCUT2D eigenvalue weighted by atomic mass is 32.2. The third-order valence-electron chi connectivity index (χ3n) is 0.719. The normalized spacial score (nSPS) is 11.5. The highest BCUT2D eigenvalue weighted by Crippen LogP contribution is 2.18. The largest absolute Gasteiger partial charge is 0.285 e. The summed E-state index contributed by atoms with van der Waals surface area (Å²) in [5, 5.41) is 5.05. The standard InChI is InChI=1S/C5H11NOS/c1-5(2,3)4(7)8-6/h6H2,1-3H3. The van der Waals surface area contributed by atoms with Gasteiger partial charge in [-0.25, -0.2) is 0 Å². The summed E-state index contributed by atoms with van der Waals surface area (Å²) in [4.78, 5) is 10.7. The van der Waals surface area contributed by atoms with Crippen molar-refractivity contribution in [3.63, 3.8) is 0 Å². The Morgan fingerprint density at radius 2 is 1.88 bits per heavy atom. The molecule has 0 aliphatic carbocycles. The molecule has 0 bridgehead atoms. The Hall–Kier alpha value is -0.0200. The van der Waals surface area contributed by atoms with Crippen LogP contribution in [0.2, 0.25) is 0 Å². The van der Waals surface area contributed by atoms with Gasteiger partial charge in [0.1, 0.15) is 0 Å². The smallest absolute Gasteiger partial charge is 0.208 e. The van der Waals surface area contributed by atoms with Crippen molar-refractivity contribution in [2.24, 2.45) is 10.6 Å². The topological polar surface area (TPSA) is 43.1 Å². The van der Waals surface area contributed by atoms with Crippen LogP contribution in [0.15, 0.2) is 0 Å². The molecule has 0 aromatic rings. The fourth-order valence-corrected chi connectivity index (χ4v) is 0.530. The maximum Gasteiger partial charge on any atom is 0.208 e. The molecule has 0 saturated heterocycles. The summed E-state index contributed by atoms with van der Waals surface area (Å²) >= 11 is 0.793. The van der Waals surface area contributed by atoms with Crippen LogP contribution in [0, 0.1) is 5.41 Å². The molecule has 0 heterocycles. The Morgan fingerprint density at radius 1 is 1.50 bits per heavy atom.